The van der Waals surface area contributed by atoms with Crippen LogP contribution in [-0.4, -0.2) is 23.0 Å². The van der Waals surface area contributed by atoms with Gasteiger partial charge in [0.25, 0.3) is 0 Å². The lowest BCUT2D eigenvalue weighted by Crippen LogP contribution is -2.29. The highest BCUT2D eigenvalue weighted by atomic mass is 16.3. The van der Waals surface area contributed by atoms with E-state index in [0.29, 0.717) is 0 Å². The van der Waals surface area contributed by atoms with Crippen LogP contribution in [0.15, 0.2) is 0 Å². The Kier molecular flexibility index (Phi) is 2.91. The van der Waals surface area contributed by atoms with Crippen LogP contribution in [0.4, 0.5) is 0 Å². The van der Waals surface area contributed by atoms with Crippen LogP contribution in [0.5, 0.6) is 0 Å². The fourth-order valence-electron chi connectivity index (χ4n) is 0.108. The predicted octanol–water partition coefficient (Wildman–Crippen LogP) is -1.11. The van der Waals surface area contributed by atoms with E-state index < -0.39 is 6.23 Å². The summed E-state index contributed by atoms with van der Waals surface area (Å²) in [5, 5.41) is 16.7. The standard InChI is InChI=1S/C4H11NO2/c1-3(2-6)4(5)7/h3-4,6-7H,2,5H2,1H3/t3-,4?/m1/s1. The van der Waals surface area contributed by atoms with E-state index in [1.54, 1.807) is 6.92 Å². The lowest BCUT2D eigenvalue weighted by Gasteiger charge is -2.08. The zero-order chi connectivity index (χ0) is 5.86. The van der Waals surface area contributed by atoms with Crippen molar-refractivity contribution >= 4 is 0 Å². The Balaban J connectivity index is 3.14. The fourth-order valence-corrected chi connectivity index (χ4v) is 0.108. The van der Waals surface area contributed by atoms with Crippen LogP contribution in [-0.2, 0) is 0 Å². The summed E-state index contributed by atoms with van der Waals surface area (Å²) in [6, 6.07) is 0. The molecule has 0 rings (SSSR count). The average molecular weight is 105 g/mol. The lowest BCUT2D eigenvalue weighted by molar-refractivity contribution is 0.0823. The van der Waals surface area contributed by atoms with Gasteiger partial charge in [0.15, 0.2) is 0 Å². The minimum atomic E-state index is -0.884. The van der Waals surface area contributed by atoms with E-state index in [1.807, 2.05) is 0 Å². The molecular weight excluding hydrogens is 94.0 g/mol. The molecule has 2 atom stereocenters. The first-order valence-corrected chi connectivity index (χ1v) is 2.23. The van der Waals surface area contributed by atoms with E-state index in [0.717, 1.165) is 0 Å². The second-order valence-corrected chi connectivity index (χ2v) is 1.65. The van der Waals surface area contributed by atoms with Crippen LogP contribution in [0.3, 0.4) is 0 Å². The molecule has 0 fully saturated rings. The summed E-state index contributed by atoms with van der Waals surface area (Å²) in [5.41, 5.74) is 4.94. The van der Waals surface area contributed by atoms with Crippen molar-refractivity contribution in [3.63, 3.8) is 0 Å². The van der Waals surface area contributed by atoms with Gasteiger partial charge < -0.3 is 15.9 Å². The molecular formula is C4H11NO2. The fraction of sp³-hybridized carbons (Fsp3) is 1.00. The van der Waals surface area contributed by atoms with Gasteiger partial charge in [-0.05, 0) is 0 Å². The van der Waals surface area contributed by atoms with Gasteiger partial charge in [0.2, 0.25) is 0 Å². The molecule has 7 heavy (non-hydrogen) atoms. The van der Waals surface area contributed by atoms with Gasteiger partial charge in [-0.1, -0.05) is 6.92 Å². The minimum Gasteiger partial charge on any atom is -0.396 e. The number of hydrogen-bond donors (Lipinski definition) is 3. The molecule has 1 unspecified atom stereocenters. The monoisotopic (exact) mass is 105 g/mol. The summed E-state index contributed by atoms with van der Waals surface area (Å²) in [6.45, 7) is 1.61. The first kappa shape index (κ1) is 6.88. The Hall–Kier alpha value is -0.120. The van der Waals surface area contributed by atoms with E-state index in [-0.39, 0.29) is 12.5 Å². The normalized spacial score (nSPS) is 18.9. The molecule has 0 aromatic heterocycles. The molecule has 4 N–H and O–H groups in total. The molecule has 0 saturated heterocycles. The second-order valence-electron chi connectivity index (χ2n) is 1.65. The molecule has 0 aliphatic heterocycles. The van der Waals surface area contributed by atoms with Gasteiger partial charge in [0, 0.05) is 12.5 Å². The highest BCUT2D eigenvalue weighted by Gasteiger charge is 2.04. The summed E-state index contributed by atoms with van der Waals surface area (Å²) < 4.78 is 0. The maximum absolute atomic E-state index is 8.44. The SMILES string of the molecule is C[C@H](CO)C(N)O. The van der Waals surface area contributed by atoms with Gasteiger partial charge in [-0.3, -0.25) is 0 Å². The van der Waals surface area contributed by atoms with Crippen LogP contribution in [0.2, 0.25) is 0 Å². The molecule has 0 heterocycles. The quantitative estimate of drug-likeness (QED) is 0.390. The van der Waals surface area contributed by atoms with Gasteiger partial charge >= 0.3 is 0 Å². The Morgan fingerprint density at radius 3 is 2.14 bits per heavy atom. The Morgan fingerprint density at radius 1 is 1.71 bits per heavy atom. The van der Waals surface area contributed by atoms with Crippen LogP contribution in [0.25, 0.3) is 0 Å². The van der Waals surface area contributed by atoms with Gasteiger partial charge in [-0.25, -0.2) is 0 Å². The molecule has 3 heteroatoms. The summed E-state index contributed by atoms with van der Waals surface area (Å²) in [5.74, 6) is -0.208. The lowest BCUT2D eigenvalue weighted by atomic mass is 10.2. The third-order valence-corrected chi connectivity index (χ3v) is 0.871. The Labute approximate surface area is 42.8 Å². The van der Waals surface area contributed by atoms with E-state index in [2.05, 4.69) is 0 Å². The van der Waals surface area contributed by atoms with Crippen LogP contribution >= 0.6 is 0 Å². The average Bonchev–Trinajstić information content (AvgIpc) is 1.65. The van der Waals surface area contributed by atoms with Crippen molar-refractivity contribution in [3.05, 3.63) is 0 Å². The van der Waals surface area contributed by atoms with Crippen LogP contribution in [0.1, 0.15) is 6.92 Å². The molecule has 0 aromatic rings. The van der Waals surface area contributed by atoms with Crippen molar-refractivity contribution in [1.82, 2.24) is 0 Å². The second kappa shape index (κ2) is 2.96. The summed E-state index contributed by atoms with van der Waals surface area (Å²) >= 11 is 0. The molecule has 0 aromatic carbocycles. The van der Waals surface area contributed by atoms with Crippen molar-refractivity contribution in [2.24, 2.45) is 11.7 Å². The van der Waals surface area contributed by atoms with Crippen molar-refractivity contribution < 1.29 is 10.2 Å². The maximum atomic E-state index is 8.44. The number of rotatable bonds is 2. The number of hydrogen-bond acceptors (Lipinski definition) is 3. The summed E-state index contributed by atoms with van der Waals surface area (Å²) in [6.07, 6.45) is -0.884. The highest BCUT2D eigenvalue weighted by Crippen LogP contribution is 1.92. The van der Waals surface area contributed by atoms with Gasteiger partial charge in [-0.2, -0.15) is 0 Å². The zero-order valence-corrected chi connectivity index (χ0v) is 4.33. The van der Waals surface area contributed by atoms with E-state index >= 15 is 0 Å². The molecule has 0 aliphatic rings. The Morgan fingerprint density at radius 2 is 2.14 bits per heavy atom. The smallest absolute Gasteiger partial charge is 0.107 e. The highest BCUT2D eigenvalue weighted by molar-refractivity contribution is 4.52. The van der Waals surface area contributed by atoms with E-state index in [1.165, 1.54) is 0 Å². The van der Waals surface area contributed by atoms with Crippen molar-refractivity contribution in [1.29, 1.82) is 0 Å². The van der Waals surface area contributed by atoms with Crippen molar-refractivity contribution in [2.75, 3.05) is 6.61 Å². The number of nitrogens with two attached hydrogens (primary N) is 1. The number of aliphatic hydroxyl groups is 2. The minimum absolute atomic E-state index is 0.0579. The van der Waals surface area contributed by atoms with Gasteiger partial charge in [0.05, 0.1) is 0 Å². The molecule has 0 saturated carbocycles. The van der Waals surface area contributed by atoms with E-state index in [9.17, 15) is 0 Å². The topological polar surface area (TPSA) is 66.5 Å². The van der Waals surface area contributed by atoms with Crippen molar-refractivity contribution in [2.45, 2.75) is 13.2 Å². The molecule has 3 nitrogen and oxygen atoms in total. The third kappa shape index (κ3) is 2.56. The molecule has 0 amide bonds. The molecule has 0 bridgehead atoms. The van der Waals surface area contributed by atoms with Gasteiger partial charge in [-0.15, -0.1) is 0 Å². The van der Waals surface area contributed by atoms with Gasteiger partial charge in [0.1, 0.15) is 6.23 Å². The van der Waals surface area contributed by atoms with Crippen molar-refractivity contribution in [3.8, 4) is 0 Å². The maximum Gasteiger partial charge on any atom is 0.107 e. The molecule has 0 spiro atoms. The molecule has 0 aliphatic carbocycles. The first-order chi connectivity index (χ1) is 3.18. The zero-order valence-electron chi connectivity index (χ0n) is 4.33. The van der Waals surface area contributed by atoms with Crippen LogP contribution < -0.4 is 5.73 Å². The molecule has 0 radical (unpaired) electrons. The first-order valence-electron chi connectivity index (χ1n) is 2.23. The third-order valence-electron chi connectivity index (χ3n) is 0.871. The largest absolute Gasteiger partial charge is 0.396 e. The molecule has 44 valence electrons. The summed E-state index contributed by atoms with van der Waals surface area (Å²) in [7, 11) is 0. The number of aliphatic hydroxyl groups excluding tert-OH is 2. The van der Waals surface area contributed by atoms with Crippen LogP contribution in [0, 0.1) is 5.92 Å². The summed E-state index contributed by atoms with van der Waals surface area (Å²) in [4.78, 5) is 0. The Bertz CT molecular complexity index is 47.0. The predicted molar refractivity (Wildman–Crippen MR) is 26.4 cm³/mol. The van der Waals surface area contributed by atoms with E-state index in [4.69, 9.17) is 15.9 Å².